The van der Waals surface area contributed by atoms with Gasteiger partial charge in [-0.25, -0.2) is 4.98 Å². The predicted octanol–water partition coefficient (Wildman–Crippen LogP) is 3.89. The molecule has 3 heteroatoms. The van der Waals surface area contributed by atoms with Gasteiger partial charge in [0.2, 0.25) is 0 Å². The zero-order valence-corrected chi connectivity index (χ0v) is 12.2. The van der Waals surface area contributed by atoms with Crippen LogP contribution in [-0.4, -0.2) is 15.8 Å². The van der Waals surface area contributed by atoms with Gasteiger partial charge in [0.15, 0.2) is 5.78 Å². The summed E-state index contributed by atoms with van der Waals surface area (Å²) in [5.41, 5.74) is 1.96. The normalized spacial score (nSPS) is 12.6. The van der Waals surface area contributed by atoms with Gasteiger partial charge in [0.1, 0.15) is 5.69 Å². The Hall–Kier alpha value is -1.90. The minimum Gasteiger partial charge on any atom is -0.342 e. The lowest BCUT2D eigenvalue weighted by Crippen LogP contribution is -2.15. The van der Waals surface area contributed by atoms with Crippen molar-refractivity contribution < 1.29 is 4.79 Å². The van der Waals surface area contributed by atoms with Crippen LogP contribution in [0.5, 0.6) is 0 Å². The molecule has 2 aromatic rings. The van der Waals surface area contributed by atoms with Gasteiger partial charge in [-0.05, 0) is 30.2 Å². The monoisotopic (exact) mass is 270 g/mol. The van der Waals surface area contributed by atoms with Gasteiger partial charge in [-0.15, -0.1) is 0 Å². The first-order chi connectivity index (χ1) is 9.66. The number of aromatic amines is 1. The summed E-state index contributed by atoms with van der Waals surface area (Å²) in [7, 11) is 0. The van der Waals surface area contributed by atoms with Crippen molar-refractivity contribution in [3.63, 3.8) is 0 Å². The summed E-state index contributed by atoms with van der Waals surface area (Å²) in [6.45, 7) is 4.38. The highest BCUT2D eigenvalue weighted by atomic mass is 16.1. The lowest BCUT2D eigenvalue weighted by Gasteiger charge is -2.19. The third kappa shape index (κ3) is 4.05. The molecule has 0 saturated carbocycles. The maximum Gasteiger partial charge on any atom is 0.180 e. The fourth-order valence-electron chi connectivity index (χ4n) is 2.42. The average molecular weight is 270 g/mol. The van der Waals surface area contributed by atoms with E-state index >= 15 is 0 Å². The molecule has 1 aromatic carbocycles. The standard InChI is InChI=1S/C17H22N2O/c1-13(2)15(9-8-14-6-4-3-5-7-14)10-17(20)16-11-18-12-19-16/h3-7,11-13,15H,8-10H2,1-2H3,(H,18,19). The van der Waals surface area contributed by atoms with Gasteiger partial charge in [0, 0.05) is 6.42 Å². The molecule has 3 nitrogen and oxygen atoms in total. The van der Waals surface area contributed by atoms with Crippen LogP contribution in [0.4, 0.5) is 0 Å². The molecular formula is C17H22N2O. The average Bonchev–Trinajstić information content (AvgIpc) is 2.98. The smallest absolute Gasteiger partial charge is 0.180 e. The highest BCUT2D eigenvalue weighted by Crippen LogP contribution is 2.23. The molecule has 1 unspecified atom stereocenters. The Morgan fingerprint density at radius 3 is 2.60 bits per heavy atom. The van der Waals surface area contributed by atoms with E-state index in [2.05, 4.69) is 48.1 Å². The Labute approximate surface area is 120 Å². The number of nitrogens with zero attached hydrogens (tertiary/aromatic N) is 1. The maximum atomic E-state index is 12.2. The van der Waals surface area contributed by atoms with E-state index in [0.29, 0.717) is 24.0 Å². The van der Waals surface area contributed by atoms with E-state index in [4.69, 9.17) is 0 Å². The molecule has 0 aliphatic rings. The zero-order chi connectivity index (χ0) is 14.4. The number of hydrogen-bond acceptors (Lipinski definition) is 2. The molecular weight excluding hydrogens is 248 g/mol. The number of carbonyl (C=O) groups is 1. The topological polar surface area (TPSA) is 45.8 Å². The zero-order valence-electron chi connectivity index (χ0n) is 12.2. The van der Waals surface area contributed by atoms with E-state index in [9.17, 15) is 4.79 Å². The van der Waals surface area contributed by atoms with Crippen LogP contribution >= 0.6 is 0 Å². The molecule has 0 radical (unpaired) electrons. The van der Waals surface area contributed by atoms with Crippen LogP contribution in [0.2, 0.25) is 0 Å². The molecule has 0 fully saturated rings. The molecule has 0 aliphatic heterocycles. The summed E-state index contributed by atoms with van der Waals surface area (Å²) in [4.78, 5) is 19.0. The van der Waals surface area contributed by atoms with E-state index in [0.717, 1.165) is 12.8 Å². The number of benzene rings is 1. The SMILES string of the molecule is CC(C)C(CCc1ccccc1)CC(=O)c1cnc[nH]1. The molecule has 1 heterocycles. The van der Waals surface area contributed by atoms with E-state index in [1.165, 1.54) is 5.56 Å². The van der Waals surface area contributed by atoms with Crippen molar-refractivity contribution in [2.24, 2.45) is 11.8 Å². The highest BCUT2D eigenvalue weighted by Gasteiger charge is 2.19. The summed E-state index contributed by atoms with van der Waals surface area (Å²) < 4.78 is 0. The molecule has 20 heavy (non-hydrogen) atoms. The summed E-state index contributed by atoms with van der Waals surface area (Å²) >= 11 is 0. The molecule has 1 atom stereocenters. The van der Waals surface area contributed by atoms with Crippen molar-refractivity contribution in [3.8, 4) is 0 Å². The molecule has 2 rings (SSSR count). The molecule has 106 valence electrons. The summed E-state index contributed by atoms with van der Waals surface area (Å²) in [5.74, 6) is 1.07. The lowest BCUT2D eigenvalue weighted by atomic mass is 9.85. The molecule has 1 N–H and O–H groups in total. The van der Waals surface area contributed by atoms with Gasteiger partial charge in [-0.1, -0.05) is 44.2 Å². The first-order valence-corrected chi connectivity index (χ1v) is 7.22. The second-order valence-corrected chi connectivity index (χ2v) is 5.62. The van der Waals surface area contributed by atoms with Crippen LogP contribution in [0, 0.1) is 11.8 Å². The quantitative estimate of drug-likeness (QED) is 0.776. The van der Waals surface area contributed by atoms with E-state index in [1.54, 1.807) is 12.5 Å². The number of carbonyl (C=O) groups excluding carboxylic acids is 1. The minimum atomic E-state index is 0.161. The fraction of sp³-hybridized carbons (Fsp3) is 0.412. The number of rotatable bonds is 7. The third-order valence-corrected chi connectivity index (χ3v) is 3.84. The molecule has 0 aliphatic carbocycles. The van der Waals surface area contributed by atoms with Crippen LogP contribution in [-0.2, 0) is 6.42 Å². The first-order valence-electron chi connectivity index (χ1n) is 7.22. The van der Waals surface area contributed by atoms with Crippen LogP contribution in [0.15, 0.2) is 42.9 Å². The molecule has 0 spiro atoms. The highest BCUT2D eigenvalue weighted by molar-refractivity contribution is 5.94. The van der Waals surface area contributed by atoms with Gasteiger partial charge in [-0.2, -0.15) is 0 Å². The summed E-state index contributed by atoms with van der Waals surface area (Å²) in [6.07, 6.45) is 5.83. The van der Waals surface area contributed by atoms with Gasteiger partial charge in [-0.3, -0.25) is 4.79 Å². The Balaban J connectivity index is 1.92. The minimum absolute atomic E-state index is 0.161. The first kappa shape index (κ1) is 14.5. The van der Waals surface area contributed by atoms with Crippen molar-refractivity contribution in [1.29, 1.82) is 0 Å². The van der Waals surface area contributed by atoms with Crippen molar-refractivity contribution in [2.75, 3.05) is 0 Å². The van der Waals surface area contributed by atoms with Crippen LogP contribution in [0.1, 0.15) is 42.7 Å². The number of hydrogen-bond donors (Lipinski definition) is 1. The summed E-state index contributed by atoms with van der Waals surface area (Å²) in [6, 6.07) is 10.5. The van der Waals surface area contributed by atoms with Gasteiger partial charge in [0.05, 0.1) is 12.5 Å². The number of ketones is 1. The Kier molecular flexibility index (Phi) is 5.10. The predicted molar refractivity (Wildman–Crippen MR) is 80.6 cm³/mol. The third-order valence-electron chi connectivity index (χ3n) is 3.84. The Bertz CT molecular complexity index is 517. The number of imidazole rings is 1. The number of aromatic nitrogens is 2. The van der Waals surface area contributed by atoms with Crippen molar-refractivity contribution >= 4 is 5.78 Å². The fourth-order valence-corrected chi connectivity index (χ4v) is 2.42. The van der Waals surface area contributed by atoms with Crippen LogP contribution in [0.25, 0.3) is 0 Å². The molecule has 0 saturated heterocycles. The largest absolute Gasteiger partial charge is 0.342 e. The summed E-state index contributed by atoms with van der Waals surface area (Å²) in [5, 5.41) is 0. The Morgan fingerprint density at radius 2 is 2.00 bits per heavy atom. The number of Topliss-reactive ketones (excluding diaryl/α,β-unsaturated/α-hetero) is 1. The lowest BCUT2D eigenvalue weighted by molar-refractivity contribution is 0.0940. The van der Waals surface area contributed by atoms with Crippen molar-refractivity contribution in [1.82, 2.24) is 9.97 Å². The second kappa shape index (κ2) is 7.04. The molecule has 0 amide bonds. The molecule has 0 bridgehead atoms. The Morgan fingerprint density at radius 1 is 1.25 bits per heavy atom. The van der Waals surface area contributed by atoms with E-state index in [-0.39, 0.29) is 5.78 Å². The number of H-pyrrole nitrogens is 1. The van der Waals surface area contributed by atoms with Gasteiger partial charge in [0.25, 0.3) is 0 Å². The van der Waals surface area contributed by atoms with Crippen LogP contribution < -0.4 is 0 Å². The van der Waals surface area contributed by atoms with Crippen molar-refractivity contribution in [2.45, 2.75) is 33.1 Å². The van der Waals surface area contributed by atoms with E-state index < -0.39 is 0 Å². The second-order valence-electron chi connectivity index (χ2n) is 5.62. The van der Waals surface area contributed by atoms with Crippen molar-refractivity contribution in [3.05, 3.63) is 54.1 Å². The number of aryl methyl sites for hydroxylation is 1. The molecule has 1 aromatic heterocycles. The van der Waals surface area contributed by atoms with Gasteiger partial charge < -0.3 is 4.98 Å². The van der Waals surface area contributed by atoms with Crippen LogP contribution in [0.3, 0.4) is 0 Å². The number of nitrogens with one attached hydrogen (secondary N) is 1. The van der Waals surface area contributed by atoms with E-state index in [1.807, 2.05) is 6.07 Å². The maximum absolute atomic E-state index is 12.2. The van der Waals surface area contributed by atoms with Gasteiger partial charge >= 0.3 is 0 Å².